The number of benzene rings is 1. The predicted molar refractivity (Wildman–Crippen MR) is 63.7 cm³/mol. The number of hydrogen-bond donors (Lipinski definition) is 1. The van der Waals surface area contributed by atoms with Gasteiger partial charge in [0.05, 0.1) is 16.9 Å². The average molecular weight is 273 g/mol. The summed E-state index contributed by atoms with van der Waals surface area (Å²) in [5.74, 6) is 0. The van der Waals surface area contributed by atoms with Crippen LogP contribution < -0.4 is 0 Å². The lowest BCUT2D eigenvalue weighted by Crippen LogP contribution is -2.07. The van der Waals surface area contributed by atoms with E-state index >= 15 is 0 Å². The van der Waals surface area contributed by atoms with Crippen molar-refractivity contribution in [2.75, 3.05) is 0 Å². The summed E-state index contributed by atoms with van der Waals surface area (Å²) in [5, 5.41) is 14.4. The maximum atomic E-state index is 12.6. The van der Waals surface area contributed by atoms with Crippen LogP contribution in [0.25, 0.3) is 0 Å². The van der Waals surface area contributed by atoms with Gasteiger partial charge in [-0.2, -0.15) is 5.10 Å². The van der Waals surface area contributed by atoms with Crippen LogP contribution in [-0.2, 0) is 7.05 Å². The van der Waals surface area contributed by atoms with Crippen LogP contribution in [0, 0.1) is 0 Å². The second kappa shape index (κ2) is 5.04. The molecular formula is C12H11ClF2N2O. The molecule has 1 N–H and O–H groups in total. The quantitative estimate of drug-likeness (QED) is 0.932. The van der Waals surface area contributed by atoms with Crippen molar-refractivity contribution in [1.82, 2.24) is 9.78 Å². The van der Waals surface area contributed by atoms with Gasteiger partial charge in [-0.1, -0.05) is 29.8 Å². The molecule has 1 heterocycles. The van der Waals surface area contributed by atoms with E-state index in [0.717, 1.165) is 0 Å². The topological polar surface area (TPSA) is 38.0 Å². The zero-order valence-corrected chi connectivity index (χ0v) is 10.3. The first kappa shape index (κ1) is 13.0. The Bertz CT molecular complexity index is 537. The number of aryl methyl sites for hydroxylation is 1. The van der Waals surface area contributed by atoms with E-state index in [-0.39, 0.29) is 5.56 Å². The molecule has 0 saturated carbocycles. The number of aromatic nitrogens is 2. The van der Waals surface area contributed by atoms with E-state index in [1.807, 2.05) is 0 Å². The molecule has 0 radical (unpaired) electrons. The fraction of sp³-hybridized carbons (Fsp3) is 0.250. The van der Waals surface area contributed by atoms with E-state index < -0.39 is 12.5 Å². The lowest BCUT2D eigenvalue weighted by molar-refractivity contribution is 0.150. The van der Waals surface area contributed by atoms with E-state index in [1.54, 1.807) is 13.1 Å². The van der Waals surface area contributed by atoms with Crippen LogP contribution in [-0.4, -0.2) is 14.9 Å². The van der Waals surface area contributed by atoms with E-state index in [0.29, 0.717) is 16.3 Å². The van der Waals surface area contributed by atoms with E-state index in [2.05, 4.69) is 5.10 Å². The lowest BCUT2D eigenvalue weighted by Gasteiger charge is -2.13. The molecule has 18 heavy (non-hydrogen) atoms. The molecule has 0 bridgehead atoms. The molecule has 0 saturated heterocycles. The molecule has 3 nitrogen and oxygen atoms in total. The van der Waals surface area contributed by atoms with Crippen LogP contribution in [0.1, 0.15) is 29.4 Å². The molecule has 0 aliphatic carbocycles. The first-order valence-corrected chi connectivity index (χ1v) is 5.62. The monoisotopic (exact) mass is 272 g/mol. The average Bonchev–Trinajstić information content (AvgIpc) is 2.68. The Morgan fingerprint density at radius 1 is 1.33 bits per heavy atom. The summed E-state index contributed by atoms with van der Waals surface area (Å²) in [6.07, 6.45) is -2.25. The minimum atomic E-state index is -2.57. The van der Waals surface area contributed by atoms with E-state index in [1.165, 1.54) is 29.1 Å². The van der Waals surface area contributed by atoms with Gasteiger partial charge < -0.3 is 5.11 Å². The molecule has 0 spiro atoms. The Hall–Kier alpha value is -1.46. The first-order chi connectivity index (χ1) is 8.50. The Labute approximate surface area is 108 Å². The minimum Gasteiger partial charge on any atom is -0.382 e. The van der Waals surface area contributed by atoms with Gasteiger partial charge in [0.2, 0.25) is 0 Å². The largest absolute Gasteiger partial charge is 0.382 e. The highest BCUT2D eigenvalue weighted by Crippen LogP contribution is 2.29. The number of nitrogens with zero attached hydrogens (tertiary/aromatic N) is 2. The summed E-state index contributed by atoms with van der Waals surface area (Å²) < 4.78 is 26.6. The maximum Gasteiger partial charge on any atom is 0.263 e. The van der Waals surface area contributed by atoms with Crippen LogP contribution in [0.5, 0.6) is 0 Å². The molecule has 0 aliphatic rings. The predicted octanol–water partition coefficient (Wildman–Crippen LogP) is 3.09. The lowest BCUT2D eigenvalue weighted by atomic mass is 10.0. The fourth-order valence-corrected chi connectivity index (χ4v) is 2.02. The summed E-state index contributed by atoms with van der Waals surface area (Å²) in [6.45, 7) is 0. The molecule has 1 unspecified atom stereocenters. The van der Waals surface area contributed by atoms with Gasteiger partial charge in [-0.25, -0.2) is 8.78 Å². The van der Waals surface area contributed by atoms with Crippen LogP contribution in [0.4, 0.5) is 8.78 Å². The highest BCUT2D eigenvalue weighted by Gasteiger charge is 2.19. The first-order valence-electron chi connectivity index (χ1n) is 5.24. The highest BCUT2D eigenvalue weighted by atomic mass is 35.5. The van der Waals surface area contributed by atoms with Crippen molar-refractivity contribution < 1.29 is 13.9 Å². The number of alkyl halides is 2. The summed E-state index contributed by atoms with van der Waals surface area (Å²) in [6, 6.07) is 5.62. The van der Waals surface area contributed by atoms with Crippen LogP contribution >= 0.6 is 11.6 Å². The molecular weight excluding hydrogens is 262 g/mol. The molecule has 2 aromatic rings. The highest BCUT2D eigenvalue weighted by molar-refractivity contribution is 6.31. The molecule has 0 aliphatic heterocycles. The number of aliphatic hydroxyl groups is 1. The number of rotatable bonds is 3. The number of hydrogen-bond acceptors (Lipinski definition) is 2. The van der Waals surface area contributed by atoms with Crippen LogP contribution in [0.15, 0.2) is 30.5 Å². The second-order valence-electron chi connectivity index (χ2n) is 3.87. The zero-order valence-electron chi connectivity index (χ0n) is 9.52. The van der Waals surface area contributed by atoms with Gasteiger partial charge in [0.1, 0.15) is 6.10 Å². The smallest absolute Gasteiger partial charge is 0.263 e. The van der Waals surface area contributed by atoms with Gasteiger partial charge in [0, 0.05) is 12.6 Å². The Morgan fingerprint density at radius 2 is 2.00 bits per heavy atom. The van der Waals surface area contributed by atoms with Crippen LogP contribution in [0.2, 0.25) is 5.02 Å². The Balaban J connectivity index is 2.40. The van der Waals surface area contributed by atoms with Crippen molar-refractivity contribution >= 4 is 11.6 Å². The molecule has 1 atom stereocenters. The molecule has 6 heteroatoms. The minimum absolute atomic E-state index is 0.134. The van der Waals surface area contributed by atoms with E-state index in [4.69, 9.17) is 11.6 Å². The normalized spacial score (nSPS) is 13.0. The molecule has 0 fully saturated rings. The zero-order chi connectivity index (χ0) is 13.3. The van der Waals surface area contributed by atoms with Crippen molar-refractivity contribution in [3.05, 3.63) is 52.3 Å². The SMILES string of the molecule is Cn1ncc(Cl)c1C(O)c1cccc(C(F)F)c1. The molecule has 2 rings (SSSR count). The van der Waals surface area contributed by atoms with Crippen molar-refractivity contribution in [1.29, 1.82) is 0 Å². The molecule has 1 aromatic heterocycles. The standard InChI is InChI=1S/C12H11ClF2N2O/c1-17-10(9(13)6-16-17)11(18)7-3-2-4-8(5-7)12(14)15/h2-6,11-12,18H,1H3. The molecule has 1 aromatic carbocycles. The van der Waals surface area contributed by atoms with Gasteiger partial charge in [-0.3, -0.25) is 4.68 Å². The van der Waals surface area contributed by atoms with Crippen molar-refractivity contribution in [3.8, 4) is 0 Å². The van der Waals surface area contributed by atoms with Gasteiger partial charge in [0.25, 0.3) is 6.43 Å². The summed E-state index contributed by atoms with van der Waals surface area (Å²) in [7, 11) is 1.63. The molecule has 96 valence electrons. The van der Waals surface area contributed by atoms with Crippen LogP contribution in [0.3, 0.4) is 0 Å². The van der Waals surface area contributed by atoms with Gasteiger partial charge in [-0.15, -0.1) is 0 Å². The Kier molecular flexibility index (Phi) is 3.63. The maximum absolute atomic E-state index is 12.6. The number of aliphatic hydroxyl groups excluding tert-OH is 1. The summed E-state index contributed by atoms with van der Waals surface area (Å²) in [4.78, 5) is 0. The van der Waals surface area contributed by atoms with Gasteiger partial charge in [0.15, 0.2) is 0 Å². The second-order valence-corrected chi connectivity index (χ2v) is 4.28. The Morgan fingerprint density at radius 3 is 2.56 bits per heavy atom. The van der Waals surface area contributed by atoms with Crippen molar-refractivity contribution in [3.63, 3.8) is 0 Å². The fourth-order valence-electron chi connectivity index (χ4n) is 1.75. The number of halogens is 3. The van der Waals surface area contributed by atoms with E-state index in [9.17, 15) is 13.9 Å². The molecule has 0 amide bonds. The van der Waals surface area contributed by atoms with Gasteiger partial charge in [-0.05, 0) is 11.6 Å². The third-order valence-corrected chi connectivity index (χ3v) is 2.97. The van der Waals surface area contributed by atoms with Gasteiger partial charge >= 0.3 is 0 Å². The van der Waals surface area contributed by atoms with Crippen molar-refractivity contribution in [2.24, 2.45) is 7.05 Å². The third-order valence-electron chi connectivity index (χ3n) is 2.68. The summed E-state index contributed by atoms with van der Waals surface area (Å²) >= 11 is 5.90. The van der Waals surface area contributed by atoms with Crippen molar-refractivity contribution in [2.45, 2.75) is 12.5 Å². The summed E-state index contributed by atoms with van der Waals surface area (Å²) in [5.41, 5.74) is 0.603. The third kappa shape index (κ3) is 2.37.